The number of ketones is 1. The number of methoxy groups -OCH3 is 1. The Balaban J connectivity index is 1.45. The lowest BCUT2D eigenvalue weighted by molar-refractivity contribution is -0.121. The van der Waals surface area contributed by atoms with Gasteiger partial charge in [0.2, 0.25) is 0 Å². The molecule has 3 heterocycles. The van der Waals surface area contributed by atoms with Crippen LogP contribution in [0.4, 0.5) is 5.69 Å². The molecule has 190 valence electrons. The van der Waals surface area contributed by atoms with Crippen molar-refractivity contribution in [3.8, 4) is 11.1 Å². The lowest BCUT2D eigenvalue weighted by Crippen LogP contribution is -2.36. The van der Waals surface area contributed by atoms with Gasteiger partial charge in [0.15, 0.2) is 0 Å². The largest absolute Gasteiger partial charge is 0.385 e. The Hall–Kier alpha value is -1.70. The molecule has 0 aliphatic carbocycles. The summed E-state index contributed by atoms with van der Waals surface area (Å²) >= 11 is 13.1. The van der Waals surface area contributed by atoms with Gasteiger partial charge in [0, 0.05) is 78.9 Å². The molecule has 0 saturated carbocycles. The van der Waals surface area contributed by atoms with Crippen molar-refractivity contribution in [2.24, 2.45) is 11.8 Å². The Morgan fingerprint density at radius 3 is 2.83 bits per heavy atom. The predicted octanol–water partition coefficient (Wildman–Crippen LogP) is 5.41. The maximum absolute atomic E-state index is 12.9. The van der Waals surface area contributed by atoms with Crippen molar-refractivity contribution < 1.29 is 14.3 Å². The number of hydrogen-bond donors (Lipinski definition) is 2. The van der Waals surface area contributed by atoms with Crippen LogP contribution in [-0.2, 0) is 20.7 Å². The molecular weight excluding hydrogens is 485 g/mol. The summed E-state index contributed by atoms with van der Waals surface area (Å²) in [5.74, 6) is 0.703. The third-order valence-electron chi connectivity index (χ3n) is 6.96. The zero-order chi connectivity index (χ0) is 25.0. The monoisotopic (exact) mass is 519 g/mol. The zero-order valence-electron chi connectivity index (χ0n) is 20.7. The molecule has 0 amide bonds. The predicted molar refractivity (Wildman–Crippen MR) is 141 cm³/mol. The maximum atomic E-state index is 12.9. The van der Waals surface area contributed by atoms with Crippen LogP contribution < -0.4 is 10.6 Å². The molecule has 4 rings (SSSR count). The fourth-order valence-electron chi connectivity index (χ4n) is 5.14. The summed E-state index contributed by atoms with van der Waals surface area (Å²) in [6.07, 6.45) is 4.74. The third-order valence-corrected chi connectivity index (χ3v) is 7.59. The number of nitrogens with one attached hydrogen (secondary N) is 2. The van der Waals surface area contributed by atoms with Gasteiger partial charge in [0.1, 0.15) is 5.78 Å². The van der Waals surface area contributed by atoms with Gasteiger partial charge in [-0.15, -0.1) is 0 Å². The van der Waals surface area contributed by atoms with Gasteiger partial charge in [0.25, 0.3) is 0 Å². The van der Waals surface area contributed by atoms with Crippen molar-refractivity contribution in [2.45, 2.75) is 51.2 Å². The number of hydrogen-bond acceptors (Lipinski definition) is 6. The molecule has 0 bridgehead atoms. The number of benzene rings is 1. The van der Waals surface area contributed by atoms with Crippen molar-refractivity contribution in [1.29, 1.82) is 0 Å². The highest BCUT2D eigenvalue weighted by molar-refractivity contribution is 6.36. The number of carbonyl (C=O) groups is 1. The van der Waals surface area contributed by atoms with E-state index in [1.54, 1.807) is 13.3 Å². The Morgan fingerprint density at radius 1 is 1.26 bits per heavy atom. The minimum atomic E-state index is -0.0760. The number of halogens is 2. The van der Waals surface area contributed by atoms with E-state index < -0.39 is 0 Å². The van der Waals surface area contributed by atoms with Gasteiger partial charge in [0.05, 0.1) is 17.2 Å². The summed E-state index contributed by atoms with van der Waals surface area (Å²) < 4.78 is 11.0. The molecule has 6 nitrogen and oxygen atoms in total. The Bertz CT molecular complexity index is 1050. The number of nitrogens with zero attached hydrogens (tertiary/aromatic N) is 1. The van der Waals surface area contributed by atoms with E-state index in [1.807, 2.05) is 24.3 Å². The van der Waals surface area contributed by atoms with Crippen LogP contribution in [0.15, 0.2) is 30.5 Å². The number of anilines is 1. The molecule has 3 atom stereocenters. The topological polar surface area (TPSA) is 72.5 Å². The summed E-state index contributed by atoms with van der Waals surface area (Å²) in [6.45, 7) is 7.25. The van der Waals surface area contributed by atoms with E-state index in [9.17, 15) is 4.79 Å². The van der Waals surface area contributed by atoms with Gasteiger partial charge < -0.3 is 20.1 Å². The highest BCUT2D eigenvalue weighted by Crippen LogP contribution is 2.36. The van der Waals surface area contributed by atoms with E-state index in [1.165, 1.54) is 0 Å². The summed E-state index contributed by atoms with van der Waals surface area (Å²) in [4.78, 5) is 17.3. The minimum Gasteiger partial charge on any atom is -0.385 e. The number of pyridine rings is 1. The number of Topliss-reactive ketones (excluding diaryl/α,β-unsaturated/α-hetero) is 1. The van der Waals surface area contributed by atoms with E-state index >= 15 is 0 Å². The summed E-state index contributed by atoms with van der Waals surface area (Å²) in [5, 5.41) is 8.03. The zero-order valence-corrected chi connectivity index (χ0v) is 22.2. The van der Waals surface area contributed by atoms with Crippen molar-refractivity contribution in [2.75, 3.05) is 38.7 Å². The van der Waals surface area contributed by atoms with E-state index in [2.05, 4.69) is 29.5 Å². The van der Waals surface area contributed by atoms with Crippen LogP contribution in [-0.4, -0.2) is 55.8 Å². The molecule has 2 aromatic rings. The Labute approximate surface area is 218 Å². The van der Waals surface area contributed by atoms with Gasteiger partial charge in [-0.25, -0.2) is 0 Å². The minimum absolute atomic E-state index is 0.0256. The van der Waals surface area contributed by atoms with Gasteiger partial charge in [-0.3, -0.25) is 9.78 Å². The van der Waals surface area contributed by atoms with Crippen molar-refractivity contribution >= 4 is 34.7 Å². The first-order valence-electron chi connectivity index (χ1n) is 12.3. The number of carbonyl (C=O) groups excluding carboxylic acids is 1. The molecule has 2 aliphatic rings. The molecular formula is C27H35Cl2N3O3. The Kier molecular flexibility index (Phi) is 8.71. The van der Waals surface area contributed by atoms with Crippen molar-refractivity contribution in [3.05, 3.63) is 46.2 Å². The second-order valence-electron chi connectivity index (χ2n) is 10.3. The van der Waals surface area contributed by atoms with Crippen LogP contribution in [0.25, 0.3) is 11.1 Å². The normalized spacial score (nSPS) is 23.9. The molecule has 2 N–H and O–H groups in total. The lowest BCUT2D eigenvalue weighted by atomic mass is 9.88. The van der Waals surface area contributed by atoms with Gasteiger partial charge in [-0.05, 0) is 63.3 Å². The summed E-state index contributed by atoms with van der Waals surface area (Å²) in [5.41, 5.74) is 3.22. The van der Waals surface area contributed by atoms with Gasteiger partial charge in [-0.2, -0.15) is 0 Å². The molecule has 1 aromatic carbocycles. The van der Waals surface area contributed by atoms with Crippen LogP contribution in [0.3, 0.4) is 0 Å². The Morgan fingerprint density at radius 2 is 2.06 bits per heavy atom. The van der Waals surface area contributed by atoms with E-state index in [0.29, 0.717) is 34.8 Å². The average molecular weight is 521 g/mol. The van der Waals surface area contributed by atoms with E-state index in [4.69, 9.17) is 32.7 Å². The average Bonchev–Trinajstić information content (AvgIpc) is 3.28. The van der Waals surface area contributed by atoms with Gasteiger partial charge in [-0.1, -0.05) is 23.2 Å². The number of ether oxygens (including phenoxy) is 2. The van der Waals surface area contributed by atoms with Crippen molar-refractivity contribution in [1.82, 2.24) is 10.3 Å². The quantitative estimate of drug-likeness (QED) is 0.461. The summed E-state index contributed by atoms with van der Waals surface area (Å²) in [7, 11) is 1.68. The molecule has 0 radical (unpaired) electrons. The molecule has 2 saturated heterocycles. The molecule has 1 unspecified atom stereocenters. The second-order valence-corrected chi connectivity index (χ2v) is 11.1. The van der Waals surface area contributed by atoms with E-state index in [-0.39, 0.29) is 29.8 Å². The van der Waals surface area contributed by atoms with Gasteiger partial charge >= 0.3 is 0 Å². The first-order valence-corrected chi connectivity index (χ1v) is 13.1. The van der Waals surface area contributed by atoms with Crippen LogP contribution in [0, 0.1) is 11.8 Å². The number of aromatic nitrogens is 1. The standard InChI is InChI=1S/C27H35Cl2N3O3/c1-27(2)12-17(6-7-35-27)13-30-19-4-5-24(28)22(9-19)23-10-20(32-15-25(23)29)11-26(33)18-8-21(16-34-3)31-14-18/h4-5,9-10,15,17-18,21,30-31H,6-8,11-14,16H2,1-3H3/t17?,18-,21-/m1/s1. The maximum Gasteiger partial charge on any atom is 0.143 e. The smallest absolute Gasteiger partial charge is 0.143 e. The number of rotatable bonds is 9. The third kappa shape index (κ3) is 6.95. The van der Waals surface area contributed by atoms with Crippen LogP contribution in [0.1, 0.15) is 38.8 Å². The fourth-order valence-corrected chi connectivity index (χ4v) is 5.56. The van der Waals surface area contributed by atoms with Crippen molar-refractivity contribution in [3.63, 3.8) is 0 Å². The highest BCUT2D eigenvalue weighted by Gasteiger charge is 2.30. The molecule has 1 aromatic heterocycles. The molecule has 2 aliphatic heterocycles. The first kappa shape index (κ1) is 26.4. The summed E-state index contributed by atoms with van der Waals surface area (Å²) in [6, 6.07) is 8.01. The molecule has 8 heteroatoms. The van der Waals surface area contributed by atoms with Crippen LogP contribution in [0.2, 0.25) is 10.0 Å². The SMILES string of the molecule is COC[C@H]1C[C@@H](C(=O)Cc2cc(-c3cc(NCC4CCOC(C)(C)C4)ccc3Cl)c(Cl)cn2)CN1. The fraction of sp³-hybridized carbons (Fsp3) is 0.556. The lowest BCUT2D eigenvalue weighted by Gasteiger charge is -2.35. The van der Waals surface area contributed by atoms with E-state index in [0.717, 1.165) is 49.2 Å². The van der Waals surface area contributed by atoms with Crippen LogP contribution in [0.5, 0.6) is 0 Å². The molecule has 2 fully saturated rings. The highest BCUT2D eigenvalue weighted by atomic mass is 35.5. The second kappa shape index (κ2) is 11.6. The first-order chi connectivity index (χ1) is 16.7. The van der Waals surface area contributed by atoms with Crippen LogP contribution >= 0.6 is 23.2 Å². The molecule has 35 heavy (non-hydrogen) atoms. The molecule has 0 spiro atoms.